The van der Waals surface area contributed by atoms with E-state index in [2.05, 4.69) is 26.1 Å². The van der Waals surface area contributed by atoms with Crippen LogP contribution in [0, 0.1) is 0 Å². The largest absolute Gasteiger partial charge is 0.368 e. The summed E-state index contributed by atoms with van der Waals surface area (Å²) in [4.78, 5) is 29.0. The Morgan fingerprint density at radius 1 is 1.12 bits per heavy atom. The monoisotopic (exact) mass is 441 g/mol. The van der Waals surface area contributed by atoms with Gasteiger partial charge >= 0.3 is 0 Å². The van der Waals surface area contributed by atoms with E-state index in [9.17, 15) is 9.59 Å². The first-order chi connectivity index (χ1) is 12.0. The van der Waals surface area contributed by atoms with Crippen LogP contribution in [0.1, 0.15) is 9.67 Å². The molecule has 1 fully saturated rings. The molecule has 8 heteroatoms. The topological polar surface area (TPSA) is 52.7 Å². The molecule has 0 atom stereocenters. The maximum absolute atomic E-state index is 12.3. The SMILES string of the molecule is O=C(NCC(=O)N1CCN(c2ccc(Cl)cc2)CC1)c1sccc1Br. The molecular formula is C17H17BrClN3O2S. The summed E-state index contributed by atoms with van der Waals surface area (Å²) in [5.74, 6) is -0.285. The van der Waals surface area contributed by atoms with Crippen molar-refractivity contribution in [1.82, 2.24) is 10.2 Å². The molecule has 132 valence electrons. The number of nitrogens with zero attached hydrogens (tertiary/aromatic N) is 2. The van der Waals surface area contributed by atoms with Gasteiger partial charge in [0.15, 0.2) is 0 Å². The van der Waals surface area contributed by atoms with E-state index in [-0.39, 0.29) is 18.4 Å². The molecule has 0 unspecified atom stereocenters. The first kappa shape index (κ1) is 18.2. The Bertz CT molecular complexity index is 758. The van der Waals surface area contributed by atoms with Gasteiger partial charge in [0, 0.05) is 41.4 Å². The molecule has 0 aliphatic carbocycles. The van der Waals surface area contributed by atoms with Crippen LogP contribution in [0.25, 0.3) is 0 Å². The Morgan fingerprint density at radius 3 is 2.40 bits per heavy atom. The van der Waals surface area contributed by atoms with Gasteiger partial charge in [0.2, 0.25) is 5.91 Å². The fourth-order valence-corrected chi connectivity index (χ4v) is 4.26. The minimum atomic E-state index is -0.227. The van der Waals surface area contributed by atoms with Crippen molar-refractivity contribution in [2.75, 3.05) is 37.6 Å². The molecule has 1 aromatic carbocycles. The minimum Gasteiger partial charge on any atom is -0.368 e. The highest BCUT2D eigenvalue weighted by molar-refractivity contribution is 9.10. The second-order valence-electron chi connectivity index (χ2n) is 5.62. The quantitative estimate of drug-likeness (QED) is 0.791. The number of rotatable bonds is 4. The molecule has 2 aromatic rings. The summed E-state index contributed by atoms with van der Waals surface area (Å²) in [6.45, 7) is 2.82. The summed E-state index contributed by atoms with van der Waals surface area (Å²) >= 11 is 10.6. The zero-order chi connectivity index (χ0) is 17.8. The van der Waals surface area contributed by atoms with E-state index >= 15 is 0 Å². The lowest BCUT2D eigenvalue weighted by Crippen LogP contribution is -2.51. The third-order valence-electron chi connectivity index (χ3n) is 4.05. The van der Waals surface area contributed by atoms with E-state index in [1.807, 2.05) is 35.7 Å². The smallest absolute Gasteiger partial charge is 0.262 e. The van der Waals surface area contributed by atoms with Gasteiger partial charge in [-0.05, 0) is 51.6 Å². The molecule has 0 saturated carbocycles. The van der Waals surface area contributed by atoms with Crippen LogP contribution in [-0.2, 0) is 4.79 Å². The fraction of sp³-hybridized carbons (Fsp3) is 0.294. The Kier molecular flexibility index (Phi) is 5.98. The van der Waals surface area contributed by atoms with Gasteiger partial charge in [0.05, 0.1) is 6.54 Å². The van der Waals surface area contributed by atoms with Gasteiger partial charge in [-0.1, -0.05) is 11.6 Å². The van der Waals surface area contributed by atoms with Crippen molar-refractivity contribution >= 4 is 56.4 Å². The van der Waals surface area contributed by atoms with Crippen molar-refractivity contribution in [3.63, 3.8) is 0 Å². The number of thiophene rings is 1. The highest BCUT2D eigenvalue weighted by Crippen LogP contribution is 2.22. The molecule has 1 aliphatic rings. The van der Waals surface area contributed by atoms with Crippen LogP contribution in [0.3, 0.4) is 0 Å². The van der Waals surface area contributed by atoms with Gasteiger partial charge in [-0.15, -0.1) is 11.3 Å². The van der Waals surface area contributed by atoms with Gasteiger partial charge < -0.3 is 15.1 Å². The van der Waals surface area contributed by atoms with E-state index in [0.29, 0.717) is 23.0 Å². The van der Waals surface area contributed by atoms with E-state index in [1.165, 1.54) is 11.3 Å². The normalized spacial score (nSPS) is 14.5. The van der Waals surface area contributed by atoms with E-state index in [4.69, 9.17) is 11.6 Å². The third kappa shape index (κ3) is 4.54. The summed E-state index contributed by atoms with van der Waals surface area (Å²) in [5, 5.41) is 5.24. The zero-order valence-corrected chi connectivity index (χ0v) is 16.5. The molecule has 3 rings (SSSR count). The summed E-state index contributed by atoms with van der Waals surface area (Å²) in [6, 6.07) is 9.52. The molecule has 1 saturated heterocycles. The number of carbonyl (C=O) groups is 2. The summed E-state index contributed by atoms with van der Waals surface area (Å²) in [6.07, 6.45) is 0. The van der Waals surface area contributed by atoms with E-state index < -0.39 is 0 Å². The number of amides is 2. The fourth-order valence-electron chi connectivity index (χ4n) is 2.67. The second-order valence-corrected chi connectivity index (χ2v) is 7.83. The lowest BCUT2D eigenvalue weighted by molar-refractivity contribution is -0.130. The number of carbonyl (C=O) groups excluding carboxylic acids is 2. The minimum absolute atomic E-state index is 0.0180. The van der Waals surface area contributed by atoms with Crippen LogP contribution >= 0.6 is 38.9 Å². The number of nitrogens with one attached hydrogen (secondary N) is 1. The lowest BCUT2D eigenvalue weighted by Gasteiger charge is -2.36. The maximum atomic E-state index is 12.3. The van der Waals surface area contributed by atoms with Crippen LogP contribution in [0.2, 0.25) is 5.02 Å². The van der Waals surface area contributed by atoms with Crippen LogP contribution < -0.4 is 10.2 Å². The predicted molar refractivity (Wildman–Crippen MR) is 105 cm³/mol. The van der Waals surface area contributed by atoms with Crippen LogP contribution in [0.15, 0.2) is 40.2 Å². The van der Waals surface area contributed by atoms with Crippen LogP contribution in [0.4, 0.5) is 5.69 Å². The van der Waals surface area contributed by atoms with Crippen LogP contribution in [-0.4, -0.2) is 49.4 Å². The Balaban J connectivity index is 1.47. The number of benzene rings is 1. The Morgan fingerprint density at radius 2 is 1.80 bits per heavy atom. The van der Waals surface area contributed by atoms with Gasteiger partial charge in [0.1, 0.15) is 4.88 Å². The van der Waals surface area contributed by atoms with Crippen molar-refractivity contribution in [3.05, 3.63) is 50.1 Å². The van der Waals surface area contributed by atoms with E-state index in [1.54, 1.807) is 4.90 Å². The Labute approximate surface area is 163 Å². The molecule has 1 N–H and O–H groups in total. The zero-order valence-electron chi connectivity index (χ0n) is 13.4. The van der Waals surface area contributed by atoms with Crippen molar-refractivity contribution < 1.29 is 9.59 Å². The van der Waals surface area contributed by atoms with Crippen molar-refractivity contribution in [3.8, 4) is 0 Å². The first-order valence-corrected chi connectivity index (χ1v) is 9.89. The van der Waals surface area contributed by atoms with E-state index in [0.717, 1.165) is 23.2 Å². The standard InChI is InChI=1S/C17H17BrClN3O2S/c18-14-5-10-25-16(14)17(24)20-11-15(23)22-8-6-21(7-9-22)13-3-1-12(19)2-4-13/h1-5,10H,6-9,11H2,(H,20,24). The number of hydrogen-bond acceptors (Lipinski definition) is 4. The number of hydrogen-bond donors (Lipinski definition) is 1. The summed E-state index contributed by atoms with van der Waals surface area (Å²) in [7, 11) is 0. The van der Waals surface area contributed by atoms with Gasteiger partial charge in [-0.2, -0.15) is 0 Å². The van der Waals surface area contributed by atoms with Gasteiger partial charge in [-0.25, -0.2) is 0 Å². The lowest BCUT2D eigenvalue weighted by atomic mass is 10.2. The molecule has 0 spiro atoms. The molecule has 1 aromatic heterocycles. The highest BCUT2D eigenvalue weighted by atomic mass is 79.9. The molecule has 0 radical (unpaired) electrons. The highest BCUT2D eigenvalue weighted by Gasteiger charge is 2.22. The number of piperazine rings is 1. The average molecular weight is 443 g/mol. The molecule has 25 heavy (non-hydrogen) atoms. The van der Waals surface area contributed by atoms with Crippen LogP contribution in [0.5, 0.6) is 0 Å². The molecule has 0 bridgehead atoms. The predicted octanol–water partition coefficient (Wildman–Crippen LogP) is 3.24. The summed E-state index contributed by atoms with van der Waals surface area (Å²) in [5.41, 5.74) is 1.10. The first-order valence-electron chi connectivity index (χ1n) is 7.84. The van der Waals surface area contributed by atoms with Crippen molar-refractivity contribution in [2.45, 2.75) is 0 Å². The molecule has 2 heterocycles. The second kappa shape index (κ2) is 8.21. The van der Waals surface area contributed by atoms with Crippen molar-refractivity contribution in [2.24, 2.45) is 0 Å². The maximum Gasteiger partial charge on any atom is 0.262 e. The summed E-state index contributed by atoms with van der Waals surface area (Å²) < 4.78 is 0.749. The van der Waals surface area contributed by atoms with Crippen molar-refractivity contribution in [1.29, 1.82) is 0 Å². The number of anilines is 1. The molecule has 2 amide bonds. The third-order valence-corrected chi connectivity index (χ3v) is 6.14. The Hall–Kier alpha value is -1.57. The number of halogens is 2. The average Bonchev–Trinajstić information content (AvgIpc) is 3.06. The molecule has 5 nitrogen and oxygen atoms in total. The molecular weight excluding hydrogens is 426 g/mol. The van der Waals surface area contributed by atoms with Gasteiger partial charge in [0.25, 0.3) is 5.91 Å². The van der Waals surface area contributed by atoms with Gasteiger partial charge in [-0.3, -0.25) is 9.59 Å². The molecule has 1 aliphatic heterocycles.